The van der Waals surface area contributed by atoms with Crippen molar-refractivity contribution in [1.29, 1.82) is 0 Å². The van der Waals surface area contributed by atoms with Crippen molar-refractivity contribution >= 4 is 181 Å². The third-order valence-electron chi connectivity index (χ3n) is 26.0. The molecule has 6 atom stereocenters. The molecule has 0 amide bonds. The first-order valence-electron chi connectivity index (χ1n) is 46.2. The summed E-state index contributed by atoms with van der Waals surface area (Å²) in [4.78, 5) is 50.2. The quantitative estimate of drug-likeness (QED) is 0.0909. The molecule has 18 rings (SSSR count). The van der Waals surface area contributed by atoms with Gasteiger partial charge in [-0.3, -0.25) is 0 Å². The highest BCUT2D eigenvalue weighted by molar-refractivity contribution is 9.42. The van der Waals surface area contributed by atoms with E-state index < -0.39 is 88.5 Å². The number of nitrogens with zero attached hydrogens (tertiary/aromatic N) is 18. The van der Waals surface area contributed by atoms with Crippen molar-refractivity contribution in [2.45, 2.75) is 231 Å². The molecule has 0 bridgehead atoms. The summed E-state index contributed by atoms with van der Waals surface area (Å²) >= 11 is 25.5. The van der Waals surface area contributed by atoms with Gasteiger partial charge in [0, 0.05) is 236 Å². The number of hydrogen-bond acceptors (Lipinski definition) is 30. The van der Waals surface area contributed by atoms with Crippen LogP contribution in [0.3, 0.4) is 0 Å². The first-order valence-corrected chi connectivity index (χ1v) is 74.6. The number of rotatable bonds is 18. The van der Waals surface area contributed by atoms with Crippen LogP contribution in [0.15, 0.2) is 0 Å². The summed E-state index contributed by atoms with van der Waals surface area (Å²) in [6.07, 6.45) is 42.5. The second kappa shape index (κ2) is 63.0. The van der Waals surface area contributed by atoms with Gasteiger partial charge in [0.05, 0.1) is 25.2 Å². The van der Waals surface area contributed by atoms with Crippen molar-refractivity contribution in [2.75, 3.05) is 236 Å². The van der Waals surface area contributed by atoms with Crippen molar-refractivity contribution < 1.29 is 81.9 Å². The van der Waals surface area contributed by atoms with E-state index in [0.29, 0.717) is 0 Å². The first-order chi connectivity index (χ1) is 60.3. The predicted molar refractivity (Wildman–Crippen MR) is 522 cm³/mol. The lowest BCUT2D eigenvalue weighted by atomic mass is 10.4. The van der Waals surface area contributed by atoms with E-state index in [1.54, 1.807) is 0 Å². The van der Waals surface area contributed by atoms with Crippen LogP contribution in [0.1, 0.15) is 231 Å². The maximum atomic E-state index is 9.95. The summed E-state index contributed by atoms with van der Waals surface area (Å²) in [5.41, 5.74) is 0. The molecule has 0 spiro atoms. The monoisotopic (exact) mass is 2410 g/mol. The molecule has 126 heavy (non-hydrogen) atoms. The Balaban J connectivity index is 0.000000197. The van der Waals surface area contributed by atoms with Crippen molar-refractivity contribution in [2.24, 2.45) is 0 Å². The fourth-order valence-electron chi connectivity index (χ4n) is 20.4. The molecule has 0 aromatic rings. The van der Waals surface area contributed by atoms with Gasteiger partial charge in [-0.15, -0.1) is 84.1 Å². The average molecular weight is 2420 g/mol. The van der Waals surface area contributed by atoms with Crippen LogP contribution in [0.2, 0.25) is 0 Å². The molecule has 0 aliphatic carbocycles. The summed E-state index contributed by atoms with van der Waals surface area (Å²) in [5, 5.41) is 0. The first kappa shape index (κ1) is 118. The molecule has 0 radical (unpaired) electrons. The molecule has 18 aliphatic rings. The summed E-state index contributed by atoms with van der Waals surface area (Å²) in [6, 6.07) is 0. The molecule has 0 aromatic heterocycles. The molecule has 6 unspecified atom stereocenters. The Bertz CT molecular complexity index is 2340. The zero-order valence-corrected chi connectivity index (χ0v) is 94.0. The second-order valence-electron chi connectivity index (χ2n) is 34.1. The van der Waals surface area contributed by atoms with Gasteiger partial charge in [-0.2, -0.15) is 0 Å². The van der Waals surface area contributed by atoms with Gasteiger partial charge in [0.25, 0.3) is 38.5 Å². The Morgan fingerprint density at radius 2 is 0.167 bits per heavy atom. The molecule has 18 fully saturated rings. The van der Waals surface area contributed by atoms with Crippen LogP contribution in [0.5, 0.6) is 0 Å². The fourth-order valence-corrected chi connectivity index (χ4v) is 58.2. The van der Waals surface area contributed by atoms with Crippen molar-refractivity contribution in [3.8, 4) is 0 Å². The van der Waals surface area contributed by atoms with E-state index in [0.717, 1.165) is 0 Å². The van der Waals surface area contributed by atoms with Gasteiger partial charge in [0.1, 0.15) is 0 Å². The van der Waals surface area contributed by atoms with E-state index in [4.69, 9.17) is 56.8 Å². The van der Waals surface area contributed by atoms with Crippen LogP contribution in [0, 0.1) is 0 Å². The second-order valence-corrected chi connectivity index (χ2v) is 69.9. The predicted octanol–water partition coefficient (Wildman–Crippen LogP) is 19.9. The van der Waals surface area contributed by atoms with Gasteiger partial charge in [-0.25, -0.2) is 0 Å². The number of hydrogen-bond donors (Lipinski definition) is 0. The van der Waals surface area contributed by atoms with Gasteiger partial charge in [-0.05, 0) is 259 Å². The smallest absolute Gasteiger partial charge is 0.540 e. The van der Waals surface area contributed by atoms with E-state index in [1.165, 1.54) is 467 Å². The fraction of sp³-hybridized carbons (Fsp3) is 1.00. The Morgan fingerprint density at radius 1 is 0.135 bits per heavy atom. The molecule has 30 nitrogen and oxygen atoms in total. The lowest BCUT2D eigenvalue weighted by Gasteiger charge is -2.38. The van der Waals surface area contributed by atoms with Crippen LogP contribution < -0.4 is 29.4 Å². The summed E-state index contributed by atoms with van der Waals surface area (Å²) in [6.45, 7) is 47.2. The summed E-state index contributed by atoms with van der Waals surface area (Å²) in [5.74, 6) is 0. The Morgan fingerprint density at radius 3 is 0.198 bits per heavy atom. The van der Waals surface area contributed by atoms with Crippen molar-refractivity contribution in [1.82, 2.24) is 84.1 Å². The van der Waals surface area contributed by atoms with E-state index in [2.05, 4.69) is 177 Å². The van der Waals surface area contributed by atoms with Crippen LogP contribution in [0.25, 0.3) is 0 Å². The SMILES string of the molecule is Br[P+](N1CCCC1)(N1CCCC1)N1CCCC1.Br[P+](N1CCCC1)(N1CCCC1)N1CCCC1.Br[P+](N1CCCC1)(N1CCCC1)N1CCCC1.Br[P+](N1CCCC1)(N1CCCC1)N1CCCC1.Br[P+](N1CCCC1)(N1CCCC1)N1CCCC1.Br[P+](N1CCCC1)(N1CCCC1)N1CCCC1.O=[P+]([O-])F.O=[P+]([O-])F.O=[P+]([O-])F.O=[P+]([O-])F.O=[P+]([O-])F.O=[P+]([O-])F. The molecule has 18 heterocycles. The van der Waals surface area contributed by atoms with Gasteiger partial charge in [0.2, 0.25) is 92.9 Å². The van der Waals surface area contributed by atoms with Crippen molar-refractivity contribution in [3.05, 3.63) is 0 Å². The summed E-state index contributed by atoms with van der Waals surface area (Å²) in [7, 11) is -21.7. The lowest BCUT2D eigenvalue weighted by molar-refractivity contribution is -0.175. The summed E-state index contributed by atoms with van der Waals surface area (Å²) < 4.78 is 160. The maximum absolute atomic E-state index is 9.95. The highest BCUT2D eigenvalue weighted by atomic mass is 79.9. The van der Waals surface area contributed by atoms with Gasteiger partial charge < -0.3 is 29.4 Å². The Hall–Kier alpha value is 4.68. The van der Waals surface area contributed by atoms with Crippen LogP contribution >= 0.6 is 181 Å². The van der Waals surface area contributed by atoms with Crippen LogP contribution in [-0.4, -0.2) is 320 Å². The van der Waals surface area contributed by atoms with Crippen LogP contribution in [-0.2, 0) is 27.4 Å². The molecule has 54 heteroatoms. The topological polar surface area (TPSA) is 299 Å². The molecular weight excluding hydrogens is 2270 g/mol. The molecule has 0 saturated carbocycles. The Labute approximate surface area is 807 Å². The minimum absolute atomic E-state index is 1.30. The Kier molecular flexibility index (Phi) is 58.8. The largest absolute Gasteiger partial charge is 0.562 e. The van der Waals surface area contributed by atoms with Crippen LogP contribution in [0.4, 0.5) is 25.2 Å². The third-order valence-corrected chi connectivity index (χ3v) is 70.3. The van der Waals surface area contributed by atoms with Gasteiger partial charge in [-0.1, -0.05) is 0 Å². The minimum Gasteiger partial charge on any atom is -0.562 e. The molecule has 18 saturated heterocycles. The zero-order valence-electron chi connectivity index (χ0n) is 73.8. The minimum atomic E-state index is -3.62. The molecule has 732 valence electrons. The normalized spacial score (nSPS) is 26.0. The molecule has 0 N–H and O–H groups in total. The molecule has 18 aliphatic heterocycles. The van der Waals surface area contributed by atoms with Gasteiger partial charge >= 0.3 is 50.0 Å². The maximum Gasteiger partial charge on any atom is 0.540 e. The standard InChI is InChI=1S/6C12H24BrN3P.6FO2P/c6*13-17(14-7-1-2-8-14,15-9-3-4-10-15)16-11-5-6-12-16;6*1-4(2)3/h6*1-12H2;;;;;;/q6*+1;;;;;;. The average Bonchev–Trinajstić information content (AvgIpc) is 1.64. The van der Waals surface area contributed by atoms with E-state index >= 15 is 0 Å². The molecular formula is C72H144Br6F6N18O12P12+6. The zero-order chi connectivity index (χ0) is 91.8. The highest BCUT2D eigenvalue weighted by Crippen LogP contribution is 2.81. The van der Waals surface area contributed by atoms with E-state index in [-0.39, 0.29) is 0 Å². The lowest BCUT2D eigenvalue weighted by Crippen LogP contribution is -2.39. The highest BCUT2D eigenvalue weighted by Gasteiger charge is 2.63. The van der Waals surface area contributed by atoms with Crippen molar-refractivity contribution in [3.63, 3.8) is 0 Å². The number of halogens is 12. The third kappa shape index (κ3) is 36.8. The van der Waals surface area contributed by atoms with Gasteiger partial charge in [0.15, 0.2) is 0 Å². The van der Waals surface area contributed by atoms with E-state index in [1.807, 2.05) is 0 Å². The molecule has 0 aromatic carbocycles. The van der Waals surface area contributed by atoms with E-state index in [9.17, 15) is 25.2 Å².